The fourth-order valence-electron chi connectivity index (χ4n) is 3.90. The molecule has 33 heavy (non-hydrogen) atoms. The van der Waals surface area contributed by atoms with Gasteiger partial charge in [0.2, 0.25) is 0 Å². The third-order valence-corrected chi connectivity index (χ3v) is 5.79. The summed E-state index contributed by atoms with van der Waals surface area (Å²) < 4.78 is 2.07. The van der Waals surface area contributed by atoms with Crippen LogP contribution in [-0.4, -0.2) is 32.6 Å². The van der Waals surface area contributed by atoms with E-state index in [4.69, 9.17) is 17.3 Å². The maximum Gasteiger partial charge on any atom is 0.335 e. The smallest absolute Gasteiger partial charge is 0.335 e. The average molecular weight is 460 g/mol. The van der Waals surface area contributed by atoms with Gasteiger partial charge in [0.05, 0.1) is 11.3 Å². The zero-order valence-electron chi connectivity index (χ0n) is 18.2. The lowest BCUT2D eigenvalue weighted by Gasteiger charge is -2.29. The average Bonchev–Trinajstić information content (AvgIpc) is 3.04. The molecule has 2 heterocycles. The van der Waals surface area contributed by atoms with E-state index in [1.165, 1.54) is 29.2 Å². The molecule has 0 unspecified atom stereocenters. The lowest BCUT2D eigenvalue weighted by molar-refractivity contribution is -0.122. The summed E-state index contributed by atoms with van der Waals surface area (Å²) in [4.78, 5) is 38.2. The van der Waals surface area contributed by atoms with E-state index in [0.717, 1.165) is 28.2 Å². The van der Waals surface area contributed by atoms with Crippen molar-refractivity contribution >= 4 is 46.9 Å². The minimum absolute atomic E-state index is 0.0598. The van der Waals surface area contributed by atoms with E-state index in [1.807, 2.05) is 45.0 Å². The Bertz CT molecular complexity index is 1350. The van der Waals surface area contributed by atoms with Gasteiger partial charge in [0.1, 0.15) is 5.57 Å². The molecule has 4 rings (SSSR count). The first-order valence-electron chi connectivity index (χ1n) is 10.2. The van der Waals surface area contributed by atoms with Gasteiger partial charge in [-0.05, 0) is 92.7 Å². The SMILES string of the molecule is Cc1cccc(-n2c(C)cc(/C=C3\C(=O)NC(=S)N(c4ccc(C(=O)O)cc4)C3=O)c2C)c1. The van der Waals surface area contributed by atoms with Crippen LogP contribution < -0.4 is 10.2 Å². The number of carbonyl (C=O) groups excluding carboxylic acids is 2. The summed E-state index contributed by atoms with van der Waals surface area (Å²) in [5.74, 6) is -2.23. The van der Waals surface area contributed by atoms with E-state index in [0.29, 0.717) is 5.69 Å². The minimum Gasteiger partial charge on any atom is -0.478 e. The van der Waals surface area contributed by atoms with E-state index in [2.05, 4.69) is 16.0 Å². The summed E-state index contributed by atoms with van der Waals surface area (Å²) in [5, 5.41) is 11.6. The standard InChI is InChI=1S/C25H21N3O4S/c1-14-5-4-6-20(11-14)27-15(2)12-18(16(27)3)13-21-22(29)26-25(33)28(23(21)30)19-9-7-17(8-10-19)24(31)32/h4-13H,1-3H3,(H,31,32)(H,26,29,33)/b21-13+. The molecule has 166 valence electrons. The van der Waals surface area contributed by atoms with E-state index >= 15 is 0 Å². The Kier molecular flexibility index (Phi) is 5.69. The van der Waals surface area contributed by atoms with Crippen LogP contribution in [0.15, 0.2) is 60.2 Å². The summed E-state index contributed by atoms with van der Waals surface area (Å²) in [5.41, 5.74) is 5.10. The van der Waals surface area contributed by atoms with Crippen molar-refractivity contribution in [2.45, 2.75) is 20.8 Å². The molecule has 1 aromatic heterocycles. The van der Waals surface area contributed by atoms with Gasteiger partial charge in [0.25, 0.3) is 11.8 Å². The normalized spacial score (nSPS) is 15.2. The summed E-state index contributed by atoms with van der Waals surface area (Å²) in [7, 11) is 0. The molecule has 0 saturated carbocycles. The molecule has 2 aromatic carbocycles. The second kappa shape index (κ2) is 8.48. The number of nitrogens with zero attached hydrogens (tertiary/aromatic N) is 2. The number of aromatic carboxylic acids is 1. The highest BCUT2D eigenvalue weighted by molar-refractivity contribution is 7.80. The number of rotatable bonds is 4. The number of aromatic nitrogens is 1. The summed E-state index contributed by atoms with van der Waals surface area (Å²) in [6, 6.07) is 15.7. The predicted octanol–water partition coefficient (Wildman–Crippen LogP) is 3.93. The molecule has 1 aliphatic heterocycles. The topological polar surface area (TPSA) is 91.6 Å². The molecule has 0 spiro atoms. The number of hydrogen-bond acceptors (Lipinski definition) is 4. The number of amides is 2. The predicted molar refractivity (Wildman–Crippen MR) is 130 cm³/mol. The molecular weight excluding hydrogens is 438 g/mol. The zero-order chi connectivity index (χ0) is 23.9. The van der Waals surface area contributed by atoms with E-state index in [-0.39, 0.29) is 16.2 Å². The van der Waals surface area contributed by atoms with Crippen molar-refractivity contribution in [2.75, 3.05) is 4.90 Å². The Morgan fingerprint density at radius 2 is 1.70 bits per heavy atom. The second-order valence-electron chi connectivity index (χ2n) is 7.81. The Labute approximate surface area is 196 Å². The number of anilines is 1. The van der Waals surface area contributed by atoms with E-state index in [9.17, 15) is 14.4 Å². The van der Waals surface area contributed by atoms with Crippen LogP contribution >= 0.6 is 12.2 Å². The molecule has 1 aliphatic rings. The third-order valence-electron chi connectivity index (χ3n) is 5.50. The molecule has 0 atom stereocenters. The van der Waals surface area contributed by atoms with Crippen LogP contribution in [0.2, 0.25) is 0 Å². The molecule has 0 aliphatic carbocycles. The van der Waals surface area contributed by atoms with Crippen LogP contribution in [0.5, 0.6) is 0 Å². The van der Waals surface area contributed by atoms with Crippen LogP contribution in [0, 0.1) is 20.8 Å². The van der Waals surface area contributed by atoms with Gasteiger partial charge in [-0.2, -0.15) is 0 Å². The highest BCUT2D eigenvalue weighted by Crippen LogP contribution is 2.26. The van der Waals surface area contributed by atoms with Gasteiger partial charge >= 0.3 is 5.97 Å². The number of hydrogen-bond donors (Lipinski definition) is 2. The molecule has 1 fully saturated rings. The molecule has 0 radical (unpaired) electrons. The van der Waals surface area contributed by atoms with E-state index in [1.54, 1.807) is 6.08 Å². The number of benzene rings is 2. The fourth-order valence-corrected chi connectivity index (χ4v) is 4.18. The summed E-state index contributed by atoms with van der Waals surface area (Å²) >= 11 is 5.22. The maximum atomic E-state index is 13.3. The van der Waals surface area contributed by atoms with Crippen LogP contribution in [0.3, 0.4) is 0 Å². The fraction of sp³-hybridized carbons (Fsp3) is 0.120. The third kappa shape index (κ3) is 4.08. The summed E-state index contributed by atoms with van der Waals surface area (Å²) in [6.07, 6.45) is 1.56. The van der Waals surface area contributed by atoms with Crippen LogP contribution in [0.1, 0.15) is 32.9 Å². The Morgan fingerprint density at radius 1 is 1.00 bits per heavy atom. The Balaban J connectivity index is 1.74. The number of thiocarbonyl (C=S) groups is 1. The lowest BCUT2D eigenvalue weighted by atomic mass is 10.1. The maximum absolute atomic E-state index is 13.3. The van der Waals surface area contributed by atoms with Gasteiger partial charge in [-0.3, -0.25) is 19.8 Å². The van der Waals surface area contributed by atoms with Crippen molar-refractivity contribution in [3.8, 4) is 5.69 Å². The number of carboxylic acid groups (broad SMARTS) is 1. The van der Waals surface area contributed by atoms with Crippen LogP contribution in [0.25, 0.3) is 11.8 Å². The Morgan fingerprint density at radius 3 is 2.33 bits per heavy atom. The minimum atomic E-state index is -1.08. The zero-order valence-corrected chi connectivity index (χ0v) is 19.1. The number of carbonyl (C=O) groups is 3. The first-order chi connectivity index (χ1) is 15.7. The van der Waals surface area contributed by atoms with Crippen molar-refractivity contribution in [3.05, 3.63) is 88.2 Å². The number of aryl methyl sites for hydroxylation is 2. The molecule has 8 heteroatoms. The van der Waals surface area contributed by atoms with Crippen molar-refractivity contribution in [1.82, 2.24) is 9.88 Å². The van der Waals surface area contributed by atoms with Crippen molar-refractivity contribution < 1.29 is 19.5 Å². The van der Waals surface area contributed by atoms with Gasteiger partial charge in [0, 0.05) is 17.1 Å². The van der Waals surface area contributed by atoms with E-state index < -0.39 is 17.8 Å². The van der Waals surface area contributed by atoms with Crippen molar-refractivity contribution in [3.63, 3.8) is 0 Å². The van der Waals surface area contributed by atoms with Gasteiger partial charge < -0.3 is 9.67 Å². The Hall–Kier alpha value is -4.04. The van der Waals surface area contributed by atoms with Crippen LogP contribution in [-0.2, 0) is 9.59 Å². The number of carboxylic acids is 1. The largest absolute Gasteiger partial charge is 0.478 e. The first kappa shape index (κ1) is 22.2. The second-order valence-corrected chi connectivity index (χ2v) is 8.20. The molecule has 1 saturated heterocycles. The quantitative estimate of drug-likeness (QED) is 0.350. The molecule has 2 N–H and O–H groups in total. The lowest BCUT2D eigenvalue weighted by Crippen LogP contribution is -2.54. The monoisotopic (exact) mass is 459 g/mol. The molecular formula is C25H21N3O4S. The highest BCUT2D eigenvalue weighted by Gasteiger charge is 2.34. The molecule has 7 nitrogen and oxygen atoms in total. The van der Waals surface area contributed by atoms with Crippen LogP contribution in [0.4, 0.5) is 5.69 Å². The van der Waals surface area contributed by atoms with Crippen molar-refractivity contribution in [1.29, 1.82) is 0 Å². The molecule has 0 bridgehead atoms. The molecule has 2 amide bonds. The number of nitrogens with one attached hydrogen (secondary N) is 1. The highest BCUT2D eigenvalue weighted by atomic mass is 32.1. The first-order valence-corrected chi connectivity index (χ1v) is 10.6. The van der Waals surface area contributed by atoms with Gasteiger partial charge in [-0.25, -0.2) is 4.79 Å². The van der Waals surface area contributed by atoms with Gasteiger partial charge in [-0.1, -0.05) is 12.1 Å². The summed E-state index contributed by atoms with van der Waals surface area (Å²) in [6.45, 7) is 5.91. The molecule has 3 aromatic rings. The van der Waals surface area contributed by atoms with Crippen molar-refractivity contribution in [2.24, 2.45) is 0 Å². The van der Waals surface area contributed by atoms with Gasteiger partial charge in [0.15, 0.2) is 5.11 Å². The van der Waals surface area contributed by atoms with Gasteiger partial charge in [-0.15, -0.1) is 0 Å².